The molecule has 1 saturated carbocycles. The molecule has 0 unspecified atom stereocenters. The molecule has 0 bridgehead atoms. The number of ether oxygens (including phenoxy) is 4. The molecule has 23 heteroatoms. The fourth-order valence-electron chi connectivity index (χ4n) is 6.78. The van der Waals surface area contributed by atoms with Gasteiger partial charge in [-0.05, 0) is 88.3 Å². The van der Waals surface area contributed by atoms with Gasteiger partial charge in [-0.3, -0.25) is 24.0 Å². The smallest absolute Gasteiger partial charge is 0.326 e. The van der Waals surface area contributed by atoms with Crippen LogP contribution >= 0.6 is 0 Å². The van der Waals surface area contributed by atoms with Crippen molar-refractivity contribution in [3.8, 4) is 17.9 Å². The molecule has 1 aliphatic carbocycles. The van der Waals surface area contributed by atoms with Gasteiger partial charge in [0, 0.05) is 45.3 Å². The van der Waals surface area contributed by atoms with Gasteiger partial charge < -0.3 is 66.2 Å². The molecule has 1 aliphatic rings. The quantitative estimate of drug-likeness (QED) is 0.0434. The Morgan fingerprint density at radius 2 is 1.22 bits per heavy atom. The molecular formula is C44H64N8O15. The van der Waals surface area contributed by atoms with Crippen molar-refractivity contribution in [1.82, 2.24) is 31.9 Å². The molecule has 0 aromatic heterocycles. The minimum absolute atomic E-state index is 0.0807. The lowest BCUT2D eigenvalue weighted by Crippen LogP contribution is -2.51. The number of nitrogens with one attached hydrogen (secondary N) is 6. The van der Waals surface area contributed by atoms with Crippen LogP contribution in [0, 0.1) is 34.5 Å². The number of carbonyl (C=O) groups excluding carboxylic acids is 5. The van der Waals surface area contributed by atoms with E-state index >= 15 is 0 Å². The monoisotopic (exact) mass is 944 g/mol. The second-order valence-electron chi connectivity index (χ2n) is 15.7. The summed E-state index contributed by atoms with van der Waals surface area (Å²) in [5, 5.41) is 61.7. The van der Waals surface area contributed by atoms with Crippen LogP contribution in [0.1, 0.15) is 95.1 Å². The molecule has 0 heterocycles. The van der Waals surface area contributed by atoms with Crippen LogP contribution in [-0.2, 0) is 47.8 Å². The van der Waals surface area contributed by atoms with Gasteiger partial charge in [-0.25, -0.2) is 14.4 Å². The zero-order valence-electron chi connectivity index (χ0n) is 37.8. The van der Waals surface area contributed by atoms with E-state index in [1.165, 1.54) is 25.1 Å². The summed E-state index contributed by atoms with van der Waals surface area (Å²) >= 11 is 0. The number of carbonyl (C=O) groups is 8. The number of rotatable bonds is 34. The highest BCUT2D eigenvalue weighted by molar-refractivity contribution is 5.88. The summed E-state index contributed by atoms with van der Waals surface area (Å²) < 4.78 is 22.0. The Kier molecular flexibility index (Phi) is 27.9. The van der Waals surface area contributed by atoms with E-state index in [1.54, 1.807) is 0 Å². The van der Waals surface area contributed by atoms with Crippen LogP contribution in [-0.4, -0.2) is 147 Å². The van der Waals surface area contributed by atoms with E-state index in [0.717, 1.165) is 0 Å². The van der Waals surface area contributed by atoms with Crippen molar-refractivity contribution >= 4 is 47.6 Å². The molecule has 0 aliphatic heterocycles. The predicted molar refractivity (Wildman–Crippen MR) is 235 cm³/mol. The van der Waals surface area contributed by atoms with Crippen LogP contribution in [0.3, 0.4) is 0 Å². The second kappa shape index (κ2) is 33.0. The molecule has 67 heavy (non-hydrogen) atoms. The highest BCUT2D eigenvalue weighted by Gasteiger charge is 2.30. The van der Waals surface area contributed by atoms with Gasteiger partial charge in [0.2, 0.25) is 23.6 Å². The summed E-state index contributed by atoms with van der Waals surface area (Å²) in [5.74, 6) is -5.12. The average Bonchev–Trinajstić information content (AvgIpc) is 3.29. The molecule has 1 aromatic rings. The van der Waals surface area contributed by atoms with Crippen LogP contribution in [0.15, 0.2) is 18.2 Å². The zero-order chi connectivity index (χ0) is 49.4. The summed E-state index contributed by atoms with van der Waals surface area (Å²) in [6.45, 7) is 4.55. The van der Waals surface area contributed by atoms with E-state index in [1.807, 2.05) is 12.1 Å². The van der Waals surface area contributed by atoms with Crippen molar-refractivity contribution in [2.24, 2.45) is 11.8 Å². The minimum atomic E-state index is -1.55. The van der Waals surface area contributed by atoms with Crippen molar-refractivity contribution in [1.29, 1.82) is 10.5 Å². The predicted octanol–water partition coefficient (Wildman–Crippen LogP) is 0.929. The van der Waals surface area contributed by atoms with Gasteiger partial charge >= 0.3 is 23.9 Å². The number of hydrogen-bond acceptors (Lipinski definition) is 14. The van der Waals surface area contributed by atoms with Gasteiger partial charge in [-0.1, -0.05) is 0 Å². The first-order valence-electron chi connectivity index (χ1n) is 22.3. The van der Waals surface area contributed by atoms with Crippen molar-refractivity contribution in [3.05, 3.63) is 29.3 Å². The van der Waals surface area contributed by atoms with Crippen LogP contribution < -0.4 is 36.6 Å². The highest BCUT2D eigenvalue weighted by Crippen LogP contribution is 2.29. The summed E-state index contributed by atoms with van der Waals surface area (Å²) in [4.78, 5) is 96.6. The summed E-state index contributed by atoms with van der Waals surface area (Å²) in [7, 11) is 0. The molecule has 1 fully saturated rings. The zero-order valence-corrected chi connectivity index (χ0v) is 37.8. The number of unbranched alkanes of at least 4 members (excludes halogenated alkanes) is 1. The number of hydrogen-bond donors (Lipinski definition) is 9. The summed E-state index contributed by atoms with van der Waals surface area (Å²) in [5.41, 5.74) is 0.479. The Hall–Kier alpha value is -6.56. The van der Waals surface area contributed by atoms with Crippen molar-refractivity contribution in [3.63, 3.8) is 0 Å². The molecule has 9 N–H and O–H groups in total. The number of carboxylic acids is 3. The lowest BCUT2D eigenvalue weighted by molar-refractivity contribution is -0.141. The van der Waals surface area contributed by atoms with E-state index in [0.29, 0.717) is 84.0 Å². The van der Waals surface area contributed by atoms with E-state index in [4.69, 9.17) is 24.1 Å². The van der Waals surface area contributed by atoms with E-state index in [9.17, 15) is 59.1 Å². The number of amides is 6. The maximum Gasteiger partial charge on any atom is 0.326 e. The lowest BCUT2D eigenvalue weighted by atomic mass is 9.81. The maximum atomic E-state index is 13.5. The van der Waals surface area contributed by atoms with Crippen LogP contribution in [0.25, 0.3) is 0 Å². The van der Waals surface area contributed by atoms with Crippen molar-refractivity contribution in [2.75, 3.05) is 65.9 Å². The highest BCUT2D eigenvalue weighted by atomic mass is 16.5. The molecule has 23 nitrogen and oxygen atoms in total. The van der Waals surface area contributed by atoms with Crippen LogP contribution in [0.4, 0.5) is 4.79 Å². The van der Waals surface area contributed by atoms with Crippen LogP contribution in [0.5, 0.6) is 5.75 Å². The first kappa shape index (κ1) is 56.6. The number of nitriles is 2. The molecule has 0 radical (unpaired) electrons. The second-order valence-corrected chi connectivity index (χ2v) is 15.7. The fraction of sp³-hybridized carbons (Fsp3) is 0.636. The normalized spacial score (nSPS) is 15.5. The van der Waals surface area contributed by atoms with E-state index in [-0.39, 0.29) is 92.5 Å². The Labute approximate surface area is 389 Å². The van der Waals surface area contributed by atoms with Gasteiger partial charge in [-0.2, -0.15) is 10.5 Å². The van der Waals surface area contributed by atoms with Crippen LogP contribution in [0.2, 0.25) is 0 Å². The Morgan fingerprint density at radius 1 is 0.642 bits per heavy atom. The molecule has 370 valence electrons. The maximum absolute atomic E-state index is 13.5. The Morgan fingerprint density at radius 3 is 1.81 bits per heavy atom. The number of aliphatic carboxylic acids is 3. The minimum Gasteiger partial charge on any atom is -0.494 e. The molecule has 0 spiro atoms. The number of urea groups is 1. The topological polar surface area (TPSA) is 354 Å². The molecule has 2 rings (SSSR count). The van der Waals surface area contributed by atoms with Gasteiger partial charge in [0.15, 0.2) is 0 Å². The van der Waals surface area contributed by atoms with E-state index in [2.05, 4.69) is 31.9 Å². The van der Waals surface area contributed by atoms with Gasteiger partial charge in [-0.15, -0.1) is 0 Å². The molecule has 1 aromatic carbocycles. The standard InChI is InChI=1S/C44H64N8O15/c1-29(53)47-15-18-65-20-22-66-21-19-64-17-13-38(54)49-28-30-7-9-33(10-8-30)40(57)50-35(6-4-16-67-34-24-31(26-45)23-32(25-34)27-46)41(58)48-14-3-2-5-36(42(59)60)51-44(63)52-37(43(61)62)11-12-39(55)56/h23-25,30,33,35-37H,2-22,28H2,1H3,(H,47,53)(H,48,58)(H,49,54)(H,50,57)(H,55,56)(H,59,60)(H,61,62)(H2,51,52,63)/t30?,33?,35-,36-,37-/m0/s1. The Bertz CT molecular complexity index is 1830. The SMILES string of the molecule is CC(=O)NCCOCCOCCOCCC(=O)NCC1CCC(C(=O)N[C@@H](CCCOc2cc(C#N)cc(C#N)c2)C(=O)NCCCC[C@H](NC(=O)N[C@@H](CCC(=O)O)C(=O)O)C(=O)O)CC1. The van der Waals surface area contributed by atoms with Gasteiger partial charge in [0.05, 0.1) is 69.5 Å². The number of nitrogens with zero attached hydrogens (tertiary/aromatic N) is 2. The summed E-state index contributed by atoms with van der Waals surface area (Å²) in [6.07, 6.45) is 2.55. The third-order valence-corrected chi connectivity index (χ3v) is 10.4. The van der Waals surface area contributed by atoms with Gasteiger partial charge in [0.1, 0.15) is 23.9 Å². The van der Waals surface area contributed by atoms with Gasteiger partial charge in [0.25, 0.3) is 0 Å². The van der Waals surface area contributed by atoms with Crippen molar-refractivity contribution in [2.45, 2.75) is 102 Å². The molecule has 3 atom stereocenters. The third kappa shape index (κ3) is 25.6. The number of benzene rings is 1. The fourth-order valence-corrected chi connectivity index (χ4v) is 6.78. The molecule has 0 saturated heterocycles. The first-order chi connectivity index (χ1) is 32.1. The first-order valence-corrected chi connectivity index (χ1v) is 22.3. The lowest BCUT2D eigenvalue weighted by Gasteiger charge is -2.29. The summed E-state index contributed by atoms with van der Waals surface area (Å²) in [6, 6.07) is 3.28. The number of carboxylic acid groups (broad SMARTS) is 3. The van der Waals surface area contributed by atoms with Crippen molar-refractivity contribution < 1.29 is 72.6 Å². The molecule has 6 amide bonds. The molecular weight excluding hydrogens is 881 g/mol. The third-order valence-electron chi connectivity index (χ3n) is 10.4. The van der Waals surface area contributed by atoms with E-state index < -0.39 is 60.8 Å². The Balaban J connectivity index is 1.83. The largest absolute Gasteiger partial charge is 0.494 e. The average molecular weight is 945 g/mol.